The number of aromatic nitrogens is 3. The Bertz CT molecular complexity index is 911. The molecule has 0 saturated carbocycles. The Morgan fingerprint density at radius 3 is 2.76 bits per heavy atom. The van der Waals surface area contributed by atoms with Gasteiger partial charge in [0.15, 0.2) is 5.16 Å². The highest BCUT2D eigenvalue weighted by molar-refractivity contribution is 7.99. The summed E-state index contributed by atoms with van der Waals surface area (Å²) in [4.78, 5) is 39.7. The van der Waals surface area contributed by atoms with Crippen molar-refractivity contribution in [1.29, 1.82) is 0 Å². The molecule has 0 unspecified atom stereocenters. The van der Waals surface area contributed by atoms with Crippen LogP contribution in [0.1, 0.15) is 6.42 Å². The minimum atomic E-state index is -0.591. The smallest absolute Gasteiger partial charge is 0.341 e. The van der Waals surface area contributed by atoms with Crippen molar-refractivity contribution in [3.05, 3.63) is 34.5 Å². The van der Waals surface area contributed by atoms with E-state index < -0.39 is 11.5 Å². The molecule has 0 radical (unpaired) electrons. The molecular formula is C17H21FN6O4S. The molecule has 1 aromatic heterocycles. The summed E-state index contributed by atoms with van der Waals surface area (Å²) >= 11 is 1.04. The molecule has 1 aliphatic rings. The number of ether oxygens (including phenoxy) is 1. The molecule has 0 atom stereocenters. The van der Waals surface area contributed by atoms with Gasteiger partial charge in [-0.2, -0.15) is 0 Å². The van der Waals surface area contributed by atoms with E-state index in [1.165, 1.54) is 18.2 Å². The number of halogens is 1. The standard InChI is InChI=1S/C17H21FN6O4S/c18-12-2-1-11(19-15(26)10-29-17-21-16(27)22-23-17)9-13(12)20-14(25)3-4-24-5-7-28-8-6-24/h1-2,9H,3-8,10H2,(H,19,26)(H,20,25)(H2,21,22,23,27). The lowest BCUT2D eigenvalue weighted by Crippen LogP contribution is -2.38. The summed E-state index contributed by atoms with van der Waals surface area (Å²) in [6.45, 7) is 3.40. The largest absolute Gasteiger partial charge is 0.379 e. The number of rotatable bonds is 8. The summed E-state index contributed by atoms with van der Waals surface area (Å²) in [6.07, 6.45) is 0.231. The predicted octanol–water partition coefficient (Wildman–Crippen LogP) is 0.629. The number of hydrogen-bond donors (Lipinski definition) is 4. The number of carbonyl (C=O) groups excluding carboxylic acids is 2. The minimum Gasteiger partial charge on any atom is -0.379 e. The van der Waals surface area contributed by atoms with E-state index in [4.69, 9.17) is 4.74 Å². The number of amides is 2. The van der Waals surface area contributed by atoms with Gasteiger partial charge in [-0.05, 0) is 18.2 Å². The second-order valence-electron chi connectivity index (χ2n) is 6.27. The van der Waals surface area contributed by atoms with Crippen LogP contribution in [0.2, 0.25) is 0 Å². The number of H-pyrrole nitrogens is 2. The molecule has 1 aliphatic heterocycles. The summed E-state index contributed by atoms with van der Waals surface area (Å²) in [6, 6.07) is 3.93. The molecule has 1 aromatic carbocycles. The number of thioether (sulfide) groups is 1. The Morgan fingerprint density at radius 1 is 1.24 bits per heavy atom. The maximum absolute atomic E-state index is 14.0. The van der Waals surface area contributed by atoms with E-state index in [1.54, 1.807) is 0 Å². The zero-order chi connectivity index (χ0) is 20.6. The lowest BCUT2D eigenvalue weighted by molar-refractivity contribution is -0.117. The summed E-state index contributed by atoms with van der Waals surface area (Å²) < 4.78 is 19.3. The Balaban J connectivity index is 1.49. The highest BCUT2D eigenvalue weighted by atomic mass is 32.2. The molecule has 4 N–H and O–H groups in total. The third-order valence-electron chi connectivity index (χ3n) is 4.10. The minimum absolute atomic E-state index is 0.000584. The van der Waals surface area contributed by atoms with Gasteiger partial charge in [-0.1, -0.05) is 11.8 Å². The Kier molecular flexibility index (Phi) is 7.38. The fourth-order valence-corrected chi connectivity index (χ4v) is 3.26. The lowest BCUT2D eigenvalue weighted by Gasteiger charge is -2.26. The van der Waals surface area contributed by atoms with Crippen molar-refractivity contribution in [3.63, 3.8) is 0 Å². The van der Waals surface area contributed by atoms with Crippen LogP contribution < -0.4 is 16.3 Å². The Hall–Kier alpha value is -2.70. The maximum Gasteiger partial charge on any atom is 0.341 e. The van der Waals surface area contributed by atoms with Crippen LogP contribution in [0.5, 0.6) is 0 Å². The van der Waals surface area contributed by atoms with Crippen LogP contribution in [-0.4, -0.2) is 70.5 Å². The molecule has 2 amide bonds. The quantitative estimate of drug-likeness (QED) is 0.457. The van der Waals surface area contributed by atoms with E-state index in [0.29, 0.717) is 25.4 Å². The van der Waals surface area contributed by atoms with Crippen molar-refractivity contribution < 1.29 is 18.7 Å². The molecule has 29 heavy (non-hydrogen) atoms. The maximum atomic E-state index is 14.0. The third-order valence-corrected chi connectivity index (χ3v) is 4.98. The normalized spacial score (nSPS) is 14.5. The zero-order valence-corrected chi connectivity index (χ0v) is 16.3. The van der Waals surface area contributed by atoms with E-state index in [2.05, 4.69) is 30.7 Å². The molecule has 3 rings (SSSR count). The third kappa shape index (κ3) is 6.69. The first-order valence-electron chi connectivity index (χ1n) is 8.96. The number of benzene rings is 1. The van der Waals surface area contributed by atoms with Gasteiger partial charge in [-0.15, -0.1) is 5.10 Å². The average Bonchev–Trinajstić information content (AvgIpc) is 3.13. The van der Waals surface area contributed by atoms with E-state index in [-0.39, 0.29) is 34.8 Å². The molecule has 2 heterocycles. The average molecular weight is 424 g/mol. The summed E-state index contributed by atoms with van der Waals surface area (Å²) in [7, 11) is 0. The molecule has 12 heteroatoms. The number of hydrogen-bond acceptors (Lipinski definition) is 7. The van der Waals surface area contributed by atoms with Crippen LogP contribution in [0, 0.1) is 5.82 Å². The lowest BCUT2D eigenvalue weighted by atomic mass is 10.2. The number of anilines is 2. The van der Waals surface area contributed by atoms with Gasteiger partial charge < -0.3 is 15.4 Å². The van der Waals surface area contributed by atoms with Crippen molar-refractivity contribution in [2.24, 2.45) is 0 Å². The van der Waals surface area contributed by atoms with Crippen molar-refractivity contribution >= 4 is 35.0 Å². The summed E-state index contributed by atoms with van der Waals surface area (Å²) in [5, 5.41) is 11.3. The van der Waals surface area contributed by atoms with Crippen LogP contribution >= 0.6 is 11.8 Å². The van der Waals surface area contributed by atoms with Crippen LogP contribution in [-0.2, 0) is 14.3 Å². The highest BCUT2D eigenvalue weighted by Crippen LogP contribution is 2.20. The van der Waals surface area contributed by atoms with E-state index in [9.17, 15) is 18.8 Å². The molecule has 2 aromatic rings. The van der Waals surface area contributed by atoms with Crippen molar-refractivity contribution in [2.45, 2.75) is 11.6 Å². The molecule has 0 spiro atoms. The Morgan fingerprint density at radius 2 is 2.03 bits per heavy atom. The first-order chi connectivity index (χ1) is 14.0. The number of morpholine rings is 1. The first kappa shape index (κ1) is 21.0. The molecule has 0 bridgehead atoms. The van der Waals surface area contributed by atoms with Crippen molar-refractivity contribution in [3.8, 4) is 0 Å². The SMILES string of the molecule is O=C(CSc1n[nH]c(=O)[nH]1)Nc1ccc(F)c(NC(=O)CCN2CCOCC2)c1. The van der Waals surface area contributed by atoms with Gasteiger partial charge in [0.05, 0.1) is 24.7 Å². The molecule has 1 fully saturated rings. The predicted molar refractivity (Wildman–Crippen MR) is 105 cm³/mol. The zero-order valence-electron chi connectivity index (χ0n) is 15.5. The second-order valence-corrected chi connectivity index (χ2v) is 7.23. The van der Waals surface area contributed by atoms with Crippen molar-refractivity contribution in [1.82, 2.24) is 20.1 Å². The monoisotopic (exact) mass is 424 g/mol. The Labute approximate surface area is 169 Å². The van der Waals surface area contributed by atoms with Gasteiger partial charge >= 0.3 is 5.69 Å². The van der Waals surface area contributed by atoms with Crippen LogP contribution in [0.25, 0.3) is 0 Å². The highest BCUT2D eigenvalue weighted by Gasteiger charge is 2.14. The van der Waals surface area contributed by atoms with Crippen LogP contribution in [0.4, 0.5) is 15.8 Å². The van der Waals surface area contributed by atoms with E-state index >= 15 is 0 Å². The van der Waals surface area contributed by atoms with Gasteiger partial charge in [0.2, 0.25) is 11.8 Å². The first-order valence-corrected chi connectivity index (χ1v) is 9.95. The second kappa shape index (κ2) is 10.2. The topological polar surface area (TPSA) is 132 Å². The number of carbonyl (C=O) groups is 2. The van der Waals surface area contributed by atoms with Gasteiger partial charge in [0.25, 0.3) is 0 Å². The fraction of sp³-hybridized carbons (Fsp3) is 0.412. The van der Waals surface area contributed by atoms with Crippen molar-refractivity contribution in [2.75, 3.05) is 49.2 Å². The van der Waals surface area contributed by atoms with Gasteiger partial charge in [0.1, 0.15) is 5.82 Å². The molecular weight excluding hydrogens is 403 g/mol. The van der Waals surface area contributed by atoms with Crippen LogP contribution in [0.15, 0.2) is 28.2 Å². The van der Waals surface area contributed by atoms with Gasteiger partial charge in [-0.3, -0.25) is 19.5 Å². The van der Waals surface area contributed by atoms with Gasteiger partial charge in [-0.25, -0.2) is 14.3 Å². The van der Waals surface area contributed by atoms with E-state index in [1.807, 2.05) is 0 Å². The number of aromatic amines is 2. The summed E-state index contributed by atoms with van der Waals surface area (Å²) in [5.74, 6) is -1.27. The van der Waals surface area contributed by atoms with Gasteiger partial charge in [0, 0.05) is 31.7 Å². The molecule has 10 nitrogen and oxygen atoms in total. The van der Waals surface area contributed by atoms with E-state index in [0.717, 1.165) is 24.9 Å². The molecule has 156 valence electrons. The number of nitrogens with zero attached hydrogens (tertiary/aromatic N) is 2. The molecule has 0 aliphatic carbocycles. The molecule has 1 saturated heterocycles. The number of nitrogens with one attached hydrogen (secondary N) is 4. The van der Waals surface area contributed by atoms with Crippen LogP contribution in [0.3, 0.4) is 0 Å². The summed E-state index contributed by atoms with van der Waals surface area (Å²) in [5.41, 5.74) is -0.115. The fourth-order valence-electron chi connectivity index (χ4n) is 2.65.